The molecule has 1 amide bonds. The van der Waals surface area contributed by atoms with Gasteiger partial charge in [-0.1, -0.05) is 54.2 Å². The largest absolute Gasteiger partial charge is 0.433 e. The third kappa shape index (κ3) is 4.94. The van der Waals surface area contributed by atoms with Gasteiger partial charge in [-0.25, -0.2) is 0 Å². The molecule has 0 aliphatic carbocycles. The van der Waals surface area contributed by atoms with Gasteiger partial charge in [0.2, 0.25) is 5.91 Å². The number of nitrogens with zero attached hydrogens (tertiary/aromatic N) is 3. The standard InChI is InChI=1S/C26H21F2N5O2S/c1-16-7-6-8-17(13-16)33-24(19-14-29-20-10-3-2-9-18(19)20)31-32-26(33)36-15-23(34)30-21-11-4-5-12-22(21)35-25(27)28/h2-14,25,29H,15H2,1H3,(H,30,34). The van der Waals surface area contributed by atoms with Gasteiger partial charge < -0.3 is 15.0 Å². The van der Waals surface area contributed by atoms with E-state index in [4.69, 9.17) is 0 Å². The molecule has 10 heteroatoms. The lowest BCUT2D eigenvalue weighted by molar-refractivity contribution is -0.113. The van der Waals surface area contributed by atoms with E-state index in [1.807, 2.05) is 66.2 Å². The summed E-state index contributed by atoms with van der Waals surface area (Å²) in [5, 5.41) is 13.0. The maximum absolute atomic E-state index is 12.7. The molecule has 0 saturated carbocycles. The first-order chi connectivity index (χ1) is 17.5. The van der Waals surface area contributed by atoms with Crippen LogP contribution in [0, 0.1) is 6.92 Å². The van der Waals surface area contributed by atoms with Gasteiger partial charge in [-0.15, -0.1) is 10.2 Å². The van der Waals surface area contributed by atoms with Gasteiger partial charge in [-0.2, -0.15) is 8.78 Å². The Bertz CT molecular complexity index is 1530. The smallest absolute Gasteiger partial charge is 0.387 e. The number of anilines is 1. The summed E-state index contributed by atoms with van der Waals surface area (Å²) in [5.41, 5.74) is 3.95. The predicted octanol–water partition coefficient (Wildman–Crippen LogP) is 6.06. The van der Waals surface area contributed by atoms with E-state index in [0.717, 1.165) is 27.7 Å². The number of benzene rings is 3. The zero-order valence-electron chi connectivity index (χ0n) is 19.1. The molecule has 0 fully saturated rings. The number of hydrogen-bond donors (Lipinski definition) is 2. The number of carbonyl (C=O) groups is 1. The average Bonchev–Trinajstić information content (AvgIpc) is 3.47. The molecule has 182 valence electrons. The number of fused-ring (bicyclic) bond motifs is 1. The van der Waals surface area contributed by atoms with Gasteiger partial charge >= 0.3 is 6.61 Å². The monoisotopic (exact) mass is 505 g/mol. The second-order valence-electron chi connectivity index (χ2n) is 7.94. The molecule has 0 aliphatic heterocycles. The summed E-state index contributed by atoms with van der Waals surface area (Å²) in [4.78, 5) is 16.0. The summed E-state index contributed by atoms with van der Waals surface area (Å²) >= 11 is 1.20. The fourth-order valence-corrected chi connectivity index (χ4v) is 4.63. The molecule has 0 saturated heterocycles. The molecule has 5 rings (SSSR count). The second-order valence-corrected chi connectivity index (χ2v) is 8.88. The normalized spacial score (nSPS) is 11.2. The van der Waals surface area contributed by atoms with Gasteiger partial charge in [-0.05, 0) is 42.8 Å². The number of H-pyrrole nitrogens is 1. The lowest BCUT2D eigenvalue weighted by Gasteiger charge is -2.12. The molecule has 0 spiro atoms. The summed E-state index contributed by atoms with van der Waals surface area (Å²) in [6.45, 7) is -0.994. The maximum Gasteiger partial charge on any atom is 0.387 e. The van der Waals surface area contributed by atoms with E-state index >= 15 is 0 Å². The summed E-state index contributed by atoms with van der Waals surface area (Å²) in [7, 11) is 0. The van der Waals surface area contributed by atoms with Crippen molar-refractivity contribution in [3.8, 4) is 22.8 Å². The highest BCUT2D eigenvalue weighted by molar-refractivity contribution is 7.99. The Balaban J connectivity index is 1.44. The second kappa shape index (κ2) is 10.2. The zero-order chi connectivity index (χ0) is 25.1. The number of hydrogen-bond acceptors (Lipinski definition) is 5. The number of para-hydroxylation sites is 3. The van der Waals surface area contributed by atoms with Crippen LogP contribution in [0.4, 0.5) is 14.5 Å². The highest BCUT2D eigenvalue weighted by Crippen LogP contribution is 2.33. The van der Waals surface area contributed by atoms with Gasteiger partial charge in [0.1, 0.15) is 5.75 Å². The fourth-order valence-electron chi connectivity index (χ4n) is 3.88. The van der Waals surface area contributed by atoms with Crippen molar-refractivity contribution in [3.63, 3.8) is 0 Å². The number of aromatic nitrogens is 4. The molecule has 2 heterocycles. The van der Waals surface area contributed by atoms with Crippen LogP contribution in [0.25, 0.3) is 28.0 Å². The molecule has 3 aromatic carbocycles. The molecule has 0 atom stereocenters. The van der Waals surface area contributed by atoms with Crippen molar-refractivity contribution in [2.45, 2.75) is 18.7 Å². The number of amides is 1. The van der Waals surface area contributed by atoms with E-state index in [-0.39, 0.29) is 17.2 Å². The average molecular weight is 506 g/mol. The van der Waals surface area contributed by atoms with Crippen LogP contribution in [-0.2, 0) is 4.79 Å². The van der Waals surface area contributed by atoms with Crippen molar-refractivity contribution in [3.05, 3.63) is 84.6 Å². The number of ether oxygens (including phenoxy) is 1. The minimum Gasteiger partial charge on any atom is -0.433 e. The summed E-state index contributed by atoms with van der Waals surface area (Å²) in [6.07, 6.45) is 1.89. The van der Waals surface area contributed by atoms with E-state index in [1.165, 1.54) is 23.9 Å². The highest BCUT2D eigenvalue weighted by Gasteiger charge is 2.20. The topological polar surface area (TPSA) is 84.8 Å². The molecular formula is C26H21F2N5O2S. The van der Waals surface area contributed by atoms with Crippen LogP contribution in [-0.4, -0.2) is 38.0 Å². The highest BCUT2D eigenvalue weighted by atomic mass is 32.2. The Labute approximate surface area is 209 Å². The molecule has 0 radical (unpaired) electrons. The number of rotatable bonds is 8. The number of alkyl halides is 2. The molecule has 36 heavy (non-hydrogen) atoms. The number of halogens is 2. The van der Waals surface area contributed by atoms with E-state index in [9.17, 15) is 13.6 Å². The van der Waals surface area contributed by atoms with Crippen molar-refractivity contribution in [1.82, 2.24) is 19.7 Å². The van der Waals surface area contributed by atoms with Crippen molar-refractivity contribution >= 4 is 34.3 Å². The van der Waals surface area contributed by atoms with E-state index < -0.39 is 12.5 Å². The maximum atomic E-state index is 12.7. The summed E-state index contributed by atoms with van der Waals surface area (Å²) < 4.78 is 31.8. The van der Waals surface area contributed by atoms with Crippen molar-refractivity contribution < 1.29 is 18.3 Å². The van der Waals surface area contributed by atoms with E-state index in [1.54, 1.807) is 12.1 Å². The van der Waals surface area contributed by atoms with Crippen LogP contribution in [0.2, 0.25) is 0 Å². The molecule has 0 aliphatic rings. The first-order valence-electron chi connectivity index (χ1n) is 11.0. The first-order valence-corrected chi connectivity index (χ1v) is 12.0. The quantitative estimate of drug-likeness (QED) is 0.251. The van der Waals surface area contributed by atoms with Gasteiger partial charge in [0.15, 0.2) is 11.0 Å². The van der Waals surface area contributed by atoms with Gasteiger partial charge in [0, 0.05) is 28.4 Å². The SMILES string of the molecule is Cc1cccc(-n2c(SCC(=O)Nc3ccccc3OC(F)F)nnc2-c2c[nH]c3ccccc23)c1. The van der Waals surface area contributed by atoms with Gasteiger partial charge in [-0.3, -0.25) is 9.36 Å². The predicted molar refractivity (Wildman–Crippen MR) is 136 cm³/mol. The van der Waals surface area contributed by atoms with Gasteiger partial charge in [0.05, 0.1) is 11.4 Å². The van der Waals surface area contributed by atoms with E-state index in [0.29, 0.717) is 11.0 Å². The van der Waals surface area contributed by atoms with Crippen molar-refractivity contribution in [2.24, 2.45) is 0 Å². The van der Waals surface area contributed by atoms with E-state index in [2.05, 4.69) is 25.2 Å². The minimum absolute atomic E-state index is 0.0130. The van der Waals surface area contributed by atoms with Crippen LogP contribution in [0.3, 0.4) is 0 Å². The van der Waals surface area contributed by atoms with Crippen molar-refractivity contribution in [2.75, 3.05) is 11.1 Å². The minimum atomic E-state index is -2.99. The molecule has 0 bridgehead atoms. The van der Waals surface area contributed by atoms with Crippen molar-refractivity contribution in [1.29, 1.82) is 0 Å². The molecule has 2 N–H and O–H groups in total. The zero-order valence-corrected chi connectivity index (χ0v) is 19.9. The number of carbonyl (C=O) groups excluding carboxylic acids is 1. The number of nitrogens with one attached hydrogen (secondary N) is 2. The fraction of sp³-hybridized carbons (Fsp3) is 0.115. The molecule has 5 aromatic rings. The van der Waals surface area contributed by atoms with Crippen LogP contribution in [0.5, 0.6) is 5.75 Å². The van der Waals surface area contributed by atoms with Gasteiger partial charge in [0.25, 0.3) is 0 Å². The molecule has 2 aromatic heterocycles. The third-order valence-electron chi connectivity index (χ3n) is 5.43. The number of aromatic amines is 1. The molecular weight excluding hydrogens is 484 g/mol. The lowest BCUT2D eigenvalue weighted by atomic mass is 10.1. The van der Waals surface area contributed by atoms with Crippen LogP contribution >= 0.6 is 11.8 Å². The molecule has 0 unspecified atom stereocenters. The Kier molecular flexibility index (Phi) is 6.68. The first kappa shape index (κ1) is 23.6. The summed E-state index contributed by atoms with van der Waals surface area (Å²) in [6, 6.07) is 21.9. The lowest BCUT2D eigenvalue weighted by Crippen LogP contribution is -2.16. The Morgan fingerprint density at radius 1 is 1.08 bits per heavy atom. The Morgan fingerprint density at radius 3 is 2.72 bits per heavy atom. The van der Waals surface area contributed by atoms with Crippen LogP contribution < -0.4 is 10.1 Å². The van der Waals surface area contributed by atoms with Crippen LogP contribution in [0.1, 0.15) is 5.56 Å². The number of aryl methyl sites for hydroxylation is 1. The Morgan fingerprint density at radius 2 is 1.89 bits per heavy atom. The number of thioether (sulfide) groups is 1. The van der Waals surface area contributed by atoms with Crippen LogP contribution in [0.15, 0.2) is 84.1 Å². The Hall–Kier alpha value is -4.18. The molecule has 7 nitrogen and oxygen atoms in total. The third-order valence-corrected chi connectivity index (χ3v) is 6.36. The summed E-state index contributed by atoms with van der Waals surface area (Å²) in [5.74, 6) is 0.130.